The van der Waals surface area contributed by atoms with Crippen molar-refractivity contribution in [2.75, 3.05) is 31.1 Å². The number of nitrogens with zero attached hydrogens (tertiary/aromatic N) is 2. The van der Waals surface area contributed by atoms with E-state index in [9.17, 15) is 9.59 Å². The normalized spacial score (nSPS) is 9.96. The third kappa shape index (κ3) is 6.15. The van der Waals surface area contributed by atoms with Crippen molar-refractivity contribution in [1.82, 2.24) is 5.32 Å². The molecule has 2 aromatic carbocycles. The molecule has 2 rings (SSSR count). The van der Waals surface area contributed by atoms with Crippen molar-refractivity contribution < 1.29 is 14.3 Å². The predicted octanol–water partition coefficient (Wildman–Crippen LogP) is 2.67. The molecule has 0 aliphatic carbocycles. The number of benzene rings is 2. The highest BCUT2D eigenvalue weighted by Gasteiger charge is 2.11. The van der Waals surface area contributed by atoms with Crippen LogP contribution in [0.4, 0.5) is 5.69 Å². The van der Waals surface area contributed by atoms with Crippen LogP contribution in [0.2, 0.25) is 0 Å². The molecule has 2 aromatic rings. The molecule has 0 radical (unpaired) electrons. The minimum absolute atomic E-state index is 0.249. The second-order valence-corrected chi connectivity index (χ2v) is 6.04. The van der Waals surface area contributed by atoms with Crippen molar-refractivity contribution >= 4 is 17.6 Å². The molecule has 6 heteroatoms. The highest BCUT2D eigenvalue weighted by atomic mass is 16.5. The minimum Gasteiger partial charge on any atom is -0.452 e. The summed E-state index contributed by atoms with van der Waals surface area (Å²) in [7, 11) is 0. The molecule has 0 fully saturated rings. The molecule has 1 N–H and O–H groups in total. The number of nitriles is 1. The van der Waals surface area contributed by atoms with Crippen LogP contribution in [0.15, 0.2) is 48.5 Å². The van der Waals surface area contributed by atoms with Crippen LogP contribution in [0.1, 0.15) is 28.4 Å². The number of rotatable bonds is 8. The van der Waals surface area contributed by atoms with Gasteiger partial charge < -0.3 is 15.0 Å². The van der Waals surface area contributed by atoms with E-state index in [2.05, 4.69) is 23.2 Å². The number of esters is 1. The Hall–Kier alpha value is -3.33. The lowest BCUT2D eigenvalue weighted by Gasteiger charge is -2.23. The van der Waals surface area contributed by atoms with Gasteiger partial charge in [0.15, 0.2) is 6.61 Å². The molecule has 6 nitrogen and oxygen atoms in total. The highest BCUT2D eigenvalue weighted by Crippen LogP contribution is 2.15. The van der Waals surface area contributed by atoms with Crippen LogP contribution in [0, 0.1) is 18.3 Å². The van der Waals surface area contributed by atoms with Crippen molar-refractivity contribution in [3.63, 3.8) is 0 Å². The smallest absolute Gasteiger partial charge is 0.338 e. The van der Waals surface area contributed by atoms with Gasteiger partial charge in [0.2, 0.25) is 0 Å². The number of hydrogen-bond donors (Lipinski definition) is 1. The van der Waals surface area contributed by atoms with Crippen LogP contribution in [0.3, 0.4) is 0 Å². The number of anilines is 1. The molecular formula is C21H23N3O3. The molecule has 0 aliphatic rings. The Morgan fingerprint density at radius 2 is 1.96 bits per heavy atom. The van der Waals surface area contributed by atoms with Gasteiger partial charge in [0.1, 0.15) is 0 Å². The number of aryl methyl sites for hydroxylation is 1. The Labute approximate surface area is 159 Å². The Balaban J connectivity index is 1.77. The fourth-order valence-electron chi connectivity index (χ4n) is 2.61. The van der Waals surface area contributed by atoms with E-state index in [-0.39, 0.29) is 18.1 Å². The average Bonchev–Trinajstić information content (AvgIpc) is 2.69. The Morgan fingerprint density at radius 1 is 1.19 bits per heavy atom. The zero-order valence-corrected chi connectivity index (χ0v) is 15.6. The number of amides is 1. The molecule has 0 saturated heterocycles. The summed E-state index contributed by atoms with van der Waals surface area (Å²) in [5, 5.41) is 11.6. The molecule has 0 spiro atoms. The molecule has 0 aliphatic heterocycles. The van der Waals surface area contributed by atoms with Crippen molar-refractivity contribution in [1.29, 1.82) is 5.26 Å². The SMILES string of the molecule is CCN(CCNC(=O)COC(=O)c1cccc(C#N)c1)c1cccc(C)c1. The Kier molecular flexibility index (Phi) is 7.38. The van der Waals surface area contributed by atoms with E-state index in [0.717, 1.165) is 12.2 Å². The molecule has 1 amide bonds. The number of ether oxygens (including phenoxy) is 1. The second kappa shape index (κ2) is 9.97. The van der Waals surface area contributed by atoms with Gasteiger partial charge in [0.25, 0.3) is 5.91 Å². The first-order valence-electron chi connectivity index (χ1n) is 8.79. The molecule has 0 bridgehead atoms. The summed E-state index contributed by atoms with van der Waals surface area (Å²) in [6.07, 6.45) is 0. The first-order chi connectivity index (χ1) is 13.0. The van der Waals surface area contributed by atoms with E-state index in [1.165, 1.54) is 11.6 Å². The predicted molar refractivity (Wildman–Crippen MR) is 104 cm³/mol. The number of carbonyl (C=O) groups excluding carboxylic acids is 2. The molecule has 140 valence electrons. The van der Waals surface area contributed by atoms with Gasteiger partial charge in [-0.1, -0.05) is 18.2 Å². The average molecular weight is 365 g/mol. The van der Waals surface area contributed by atoms with E-state index >= 15 is 0 Å². The first-order valence-corrected chi connectivity index (χ1v) is 8.79. The van der Waals surface area contributed by atoms with Gasteiger partial charge in [0.05, 0.1) is 17.2 Å². The maximum atomic E-state index is 11.9. The lowest BCUT2D eigenvalue weighted by molar-refractivity contribution is -0.124. The molecule has 0 heterocycles. The summed E-state index contributed by atoms with van der Waals surface area (Å²) in [6.45, 7) is 5.67. The molecular weight excluding hydrogens is 342 g/mol. The van der Waals surface area contributed by atoms with E-state index in [1.807, 2.05) is 31.2 Å². The van der Waals surface area contributed by atoms with Gasteiger partial charge >= 0.3 is 5.97 Å². The fourth-order valence-corrected chi connectivity index (χ4v) is 2.61. The van der Waals surface area contributed by atoms with E-state index in [1.54, 1.807) is 18.2 Å². The summed E-state index contributed by atoms with van der Waals surface area (Å²) in [4.78, 5) is 26.0. The van der Waals surface area contributed by atoms with Crippen LogP contribution in [0.25, 0.3) is 0 Å². The summed E-state index contributed by atoms with van der Waals surface area (Å²) >= 11 is 0. The summed E-state index contributed by atoms with van der Waals surface area (Å²) in [5.41, 5.74) is 2.90. The molecule has 0 atom stereocenters. The van der Waals surface area contributed by atoms with Crippen LogP contribution in [-0.4, -0.2) is 38.1 Å². The van der Waals surface area contributed by atoms with Gasteiger partial charge in [-0.25, -0.2) is 4.79 Å². The summed E-state index contributed by atoms with van der Waals surface area (Å²) < 4.78 is 5.00. The molecule has 0 aromatic heterocycles. The van der Waals surface area contributed by atoms with Crippen LogP contribution >= 0.6 is 0 Å². The quantitative estimate of drug-likeness (QED) is 0.727. The molecule has 27 heavy (non-hydrogen) atoms. The number of hydrogen-bond acceptors (Lipinski definition) is 5. The monoisotopic (exact) mass is 365 g/mol. The van der Waals surface area contributed by atoms with E-state index in [0.29, 0.717) is 18.7 Å². The number of likely N-dealkylation sites (N-methyl/N-ethyl adjacent to an activating group) is 1. The zero-order valence-electron chi connectivity index (χ0n) is 15.6. The minimum atomic E-state index is -0.628. The van der Waals surface area contributed by atoms with Gasteiger partial charge in [0, 0.05) is 25.3 Å². The van der Waals surface area contributed by atoms with E-state index < -0.39 is 5.97 Å². The summed E-state index contributed by atoms with van der Waals surface area (Å²) in [6, 6.07) is 16.3. The third-order valence-corrected chi connectivity index (χ3v) is 4.01. The van der Waals surface area contributed by atoms with Gasteiger partial charge in [-0.2, -0.15) is 5.26 Å². The highest BCUT2D eigenvalue weighted by molar-refractivity contribution is 5.91. The maximum Gasteiger partial charge on any atom is 0.338 e. The lowest BCUT2D eigenvalue weighted by Crippen LogP contribution is -2.36. The number of nitrogens with one attached hydrogen (secondary N) is 1. The maximum absolute atomic E-state index is 11.9. The van der Waals surface area contributed by atoms with Crippen LogP contribution < -0.4 is 10.2 Å². The fraction of sp³-hybridized carbons (Fsp3) is 0.286. The van der Waals surface area contributed by atoms with Crippen molar-refractivity contribution in [2.24, 2.45) is 0 Å². The summed E-state index contributed by atoms with van der Waals surface area (Å²) in [5.74, 6) is -0.989. The van der Waals surface area contributed by atoms with Crippen molar-refractivity contribution in [3.05, 3.63) is 65.2 Å². The van der Waals surface area contributed by atoms with Gasteiger partial charge in [-0.3, -0.25) is 4.79 Å². The van der Waals surface area contributed by atoms with Gasteiger partial charge in [-0.15, -0.1) is 0 Å². The number of carbonyl (C=O) groups is 2. The third-order valence-electron chi connectivity index (χ3n) is 4.01. The Morgan fingerprint density at radius 3 is 2.67 bits per heavy atom. The van der Waals surface area contributed by atoms with Crippen molar-refractivity contribution in [2.45, 2.75) is 13.8 Å². The lowest BCUT2D eigenvalue weighted by atomic mass is 10.1. The largest absolute Gasteiger partial charge is 0.452 e. The molecule has 0 unspecified atom stereocenters. The first kappa shape index (κ1) is 20.0. The van der Waals surface area contributed by atoms with E-state index in [4.69, 9.17) is 10.00 Å². The van der Waals surface area contributed by atoms with Gasteiger partial charge in [-0.05, 0) is 49.7 Å². The molecule has 0 saturated carbocycles. The van der Waals surface area contributed by atoms with Crippen LogP contribution in [-0.2, 0) is 9.53 Å². The topological polar surface area (TPSA) is 82.4 Å². The van der Waals surface area contributed by atoms with Crippen LogP contribution in [0.5, 0.6) is 0 Å². The Bertz CT molecular complexity index is 843. The second-order valence-electron chi connectivity index (χ2n) is 6.04. The standard InChI is InChI=1S/C21H23N3O3/c1-3-24(19-9-4-6-16(2)12-19)11-10-23-20(25)15-27-21(26)18-8-5-7-17(13-18)14-22/h4-9,12-13H,3,10-11,15H2,1-2H3,(H,23,25). The van der Waals surface area contributed by atoms with Crippen molar-refractivity contribution in [3.8, 4) is 6.07 Å². The zero-order chi connectivity index (χ0) is 19.6.